The summed E-state index contributed by atoms with van der Waals surface area (Å²) in [5.74, 6) is 0. The molecule has 2 heterocycles. The van der Waals surface area contributed by atoms with E-state index in [1.54, 1.807) is 0 Å². The van der Waals surface area contributed by atoms with Crippen molar-refractivity contribution in [2.45, 2.75) is 32.0 Å². The number of hydrogen-bond donors (Lipinski definition) is 1. The molecule has 0 saturated carbocycles. The number of rotatable bonds is 3. The molecule has 2 N–H and O–H groups in total. The summed E-state index contributed by atoms with van der Waals surface area (Å²) in [6.45, 7) is 6.75. The van der Waals surface area contributed by atoms with Crippen LogP contribution in [-0.4, -0.2) is 42.0 Å². The van der Waals surface area contributed by atoms with E-state index < -0.39 is 0 Å². The predicted octanol–water partition coefficient (Wildman–Crippen LogP) is 1.43. The van der Waals surface area contributed by atoms with Gasteiger partial charge in [-0.15, -0.1) is 0 Å². The molecular weight excluding hydrogens is 222 g/mol. The van der Waals surface area contributed by atoms with Crippen LogP contribution in [0.1, 0.15) is 24.0 Å². The minimum absolute atomic E-state index is 0.643. The van der Waals surface area contributed by atoms with Crippen LogP contribution in [-0.2, 0) is 13.1 Å². The molecule has 3 nitrogen and oxygen atoms in total. The van der Waals surface area contributed by atoms with Gasteiger partial charge >= 0.3 is 0 Å². The maximum Gasteiger partial charge on any atom is 0.0235 e. The number of nitrogens with zero attached hydrogens (tertiary/aromatic N) is 2. The molecule has 2 aliphatic rings. The highest BCUT2D eigenvalue weighted by Crippen LogP contribution is 2.22. The van der Waals surface area contributed by atoms with E-state index in [4.69, 9.17) is 5.73 Å². The Labute approximate surface area is 110 Å². The highest BCUT2D eigenvalue weighted by molar-refractivity contribution is 5.23. The van der Waals surface area contributed by atoms with Crippen molar-refractivity contribution in [1.29, 1.82) is 0 Å². The Kier molecular flexibility index (Phi) is 3.64. The van der Waals surface area contributed by atoms with Gasteiger partial charge in [0.25, 0.3) is 0 Å². The van der Waals surface area contributed by atoms with Crippen molar-refractivity contribution in [3.8, 4) is 0 Å². The van der Waals surface area contributed by atoms with Crippen molar-refractivity contribution in [1.82, 2.24) is 9.80 Å². The molecule has 3 heteroatoms. The van der Waals surface area contributed by atoms with Gasteiger partial charge in [-0.05, 0) is 30.5 Å². The van der Waals surface area contributed by atoms with Gasteiger partial charge < -0.3 is 5.73 Å². The second kappa shape index (κ2) is 5.39. The molecule has 1 atom stereocenters. The van der Waals surface area contributed by atoms with Crippen LogP contribution < -0.4 is 5.73 Å². The standard InChI is InChI=1S/C15H23N3/c16-10-13-3-1-4-14(9-13)11-17-7-8-18-6-2-5-15(18)12-17/h1,3-4,9,15H,2,5-8,10-12,16H2. The third kappa shape index (κ3) is 2.58. The molecule has 1 aromatic rings. The molecule has 0 aromatic heterocycles. The lowest BCUT2D eigenvalue weighted by atomic mass is 10.1. The first-order valence-corrected chi connectivity index (χ1v) is 7.09. The second-order valence-electron chi connectivity index (χ2n) is 5.59. The van der Waals surface area contributed by atoms with E-state index in [-0.39, 0.29) is 0 Å². The molecule has 0 amide bonds. The van der Waals surface area contributed by atoms with Gasteiger partial charge in [0.15, 0.2) is 0 Å². The van der Waals surface area contributed by atoms with Gasteiger partial charge in [0.2, 0.25) is 0 Å². The topological polar surface area (TPSA) is 32.5 Å². The zero-order chi connectivity index (χ0) is 12.4. The highest BCUT2D eigenvalue weighted by Gasteiger charge is 2.30. The fourth-order valence-electron chi connectivity index (χ4n) is 3.31. The molecule has 1 aromatic carbocycles. The first kappa shape index (κ1) is 12.2. The Morgan fingerprint density at radius 2 is 2.06 bits per heavy atom. The summed E-state index contributed by atoms with van der Waals surface area (Å²) in [6.07, 6.45) is 2.78. The SMILES string of the molecule is NCc1cccc(CN2CCN3CCCC3C2)c1. The van der Waals surface area contributed by atoms with Gasteiger partial charge in [0.1, 0.15) is 0 Å². The second-order valence-corrected chi connectivity index (χ2v) is 5.59. The lowest BCUT2D eigenvalue weighted by Gasteiger charge is -2.37. The van der Waals surface area contributed by atoms with Gasteiger partial charge in [0, 0.05) is 38.8 Å². The van der Waals surface area contributed by atoms with Crippen LogP contribution in [0, 0.1) is 0 Å². The smallest absolute Gasteiger partial charge is 0.0235 e. The van der Waals surface area contributed by atoms with E-state index >= 15 is 0 Å². The summed E-state index contributed by atoms with van der Waals surface area (Å²) >= 11 is 0. The van der Waals surface area contributed by atoms with Crippen LogP contribution in [0.4, 0.5) is 0 Å². The summed E-state index contributed by atoms with van der Waals surface area (Å²) in [4.78, 5) is 5.26. The lowest BCUT2D eigenvalue weighted by molar-refractivity contribution is 0.0993. The number of piperazine rings is 1. The maximum atomic E-state index is 5.70. The molecule has 98 valence electrons. The zero-order valence-corrected chi connectivity index (χ0v) is 11.0. The minimum Gasteiger partial charge on any atom is -0.326 e. The quantitative estimate of drug-likeness (QED) is 0.874. The highest BCUT2D eigenvalue weighted by atomic mass is 15.3. The van der Waals surface area contributed by atoms with E-state index in [1.807, 2.05) is 0 Å². The van der Waals surface area contributed by atoms with Gasteiger partial charge in [-0.1, -0.05) is 24.3 Å². The Morgan fingerprint density at radius 1 is 1.17 bits per heavy atom. The first-order chi connectivity index (χ1) is 8.85. The molecule has 0 spiro atoms. The molecule has 0 bridgehead atoms. The maximum absolute atomic E-state index is 5.70. The predicted molar refractivity (Wildman–Crippen MR) is 74.2 cm³/mol. The van der Waals surface area contributed by atoms with Crippen molar-refractivity contribution >= 4 is 0 Å². The van der Waals surface area contributed by atoms with Crippen molar-refractivity contribution < 1.29 is 0 Å². The summed E-state index contributed by atoms with van der Waals surface area (Å²) in [5.41, 5.74) is 8.35. The van der Waals surface area contributed by atoms with E-state index in [0.29, 0.717) is 6.54 Å². The molecule has 2 aliphatic heterocycles. The van der Waals surface area contributed by atoms with Crippen molar-refractivity contribution in [3.63, 3.8) is 0 Å². The average molecular weight is 245 g/mol. The number of nitrogens with two attached hydrogens (primary N) is 1. The number of fused-ring (bicyclic) bond motifs is 1. The summed E-state index contributed by atoms with van der Waals surface area (Å²) < 4.78 is 0. The zero-order valence-electron chi connectivity index (χ0n) is 11.0. The van der Waals surface area contributed by atoms with Crippen LogP contribution in [0.15, 0.2) is 24.3 Å². The fraction of sp³-hybridized carbons (Fsp3) is 0.600. The van der Waals surface area contributed by atoms with Crippen molar-refractivity contribution in [2.75, 3.05) is 26.2 Å². The molecule has 0 radical (unpaired) electrons. The minimum atomic E-state index is 0.643. The van der Waals surface area contributed by atoms with E-state index in [1.165, 1.54) is 50.1 Å². The Bertz CT molecular complexity index is 404. The Hall–Kier alpha value is -0.900. The van der Waals surface area contributed by atoms with E-state index in [9.17, 15) is 0 Å². The molecule has 0 aliphatic carbocycles. The summed E-state index contributed by atoms with van der Waals surface area (Å²) in [6, 6.07) is 9.53. The molecular formula is C15H23N3. The van der Waals surface area contributed by atoms with Crippen LogP contribution in [0.5, 0.6) is 0 Å². The fourth-order valence-corrected chi connectivity index (χ4v) is 3.31. The van der Waals surface area contributed by atoms with Crippen LogP contribution >= 0.6 is 0 Å². The van der Waals surface area contributed by atoms with E-state index in [0.717, 1.165) is 12.6 Å². The molecule has 2 saturated heterocycles. The Morgan fingerprint density at radius 3 is 2.94 bits per heavy atom. The molecule has 18 heavy (non-hydrogen) atoms. The Balaban J connectivity index is 1.62. The third-order valence-corrected chi connectivity index (χ3v) is 4.30. The van der Waals surface area contributed by atoms with Gasteiger partial charge in [-0.25, -0.2) is 0 Å². The summed E-state index contributed by atoms with van der Waals surface area (Å²) in [7, 11) is 0. The third-order valence-electron chi connectivity index (χ3n) is 4.30. The lowest BCUT2D eigenvalue weighted by Crippen LogP contribution is -2.49. The van der Waals surface area contributed by atoms with Crippen LogP contribution in [0.3, 0.4) is 0 Å². The van der Waals surface area contributed by atoms with Crippen LogP contribution in [0.25, 0.3) is 0 Å². The normalized spacial score (nSPS) is 25.3. The van der Waals surface area contributed by atoms with Gasteiger partial charge in [-0.3, -0.25) is 9.80 Å². The van der Waals surface area contributed by atoms with Crippen molar-refractivity contribution in [2.24, 2.45) is 5.73 Å². The monoisotopic (exact) mass is 245 g/mol. The number of benzene rings is 1. The molecule has 3 rings (SSSR count). The number of hydrogen-bond acceptors (Lipinski definition) is 3. The van der Waals surface area contributed by atoms with Gasteiger partial charge in [0.05, 0.1) is 0 Å². The largest absolute Gasteiger partial charge is 0.326 e. The van der Waals surface area contributed by atoms with Crippen LogP contribution in [0.2, 0.25) is 0 Å². The first-order valence-electron chi connectivity index (χ1n) is 7.09. The summed E-state index contributed by atoms with van der Waals surface area (Å²) in [5, 5.41) is 0. The van der Waals surface area contributed by atoms with E-state index in [2.05, 4.69) is 34.1 Å². The van der Waals surface area contributed by atoms with Crippen molar-refractivity contribution in [3.05, 3.63) is 35.4 Å². The average Bonchev–Trinajstić information content (AvgIpc) is 2.86. The molecule has 2 fully saturated rings. The molecule has 1 unspecified atom stereocenters. The van der Waals surface area contributed by atoms with Gasteiger partial charge in [-0.2, -0.15) is 0 Å².